The fraction of sp³-hybridized carbons (Fsp3) is 0.300. The second-order valence-corrected chi connectivity index (χ2v) is 6.13. The van der Waals surface area contributed by atoms with Gasteiger partial charge >= 0.3 is 6.18 Å². The van der Waals surface area contributed by atoms with Crippen LogP contribution in [0.2, 0.25) is 0 Å². The Morgan fingerprint density at radius 2 is 1.79 bits per heavy atom. The summed E-state index contributed by atoms with van der Waals surface area (Å²) in [7, 11) is 0. The van der Waals surface area contributed by atoms with Gasteiger partial charge in [0, 0.05) is 13.1 Å². The van der Waals surface area contributed by atoms with E-state index in [2.05, 4.69) is 5.32 Å². The molecule has 2 aromatic carbocycles. The van der Waals surface area contributed by atoms with Gasteiger partial charge in [-0.15, -0.1) is 0 Å². The normalized spacial score (nSPS) is 11.1. The van der Waals surface area contributed by atoms with Crippen LogP contribution in [0.1, 0.15) is 18.1 Å². The lowest BCUT2D eigenvalue weighted by molar-refractivity contribution is -0.138. The Morgan fingerprint density at radius 3 is 2.41 bits per heavy atom. The van der Waals surface area contributed by atoms with E-state index in [0.29, 0.717) is 5.56 Å². The number of halogens is 4. The molecule has 0 unspecified atom stereocenters. The van der Waals surface area contributed by atoms with Crippen LogP contribution in [0.5, 0.6) is 5.75 Å². The van der Waals surface area contributed by atoms with Crippen molar-refractivity contribution in [3.8, 4) is 5.75 Å². The molecule has 156 valence electrons. The number of alkyl halides is 3. The van der Waals surface area contributed by atoms with Crippen molar-refractivity contribution in [2.75, 3.05) is 19.7 Å². The van der Waals surface area contributed by atoms with E-state index in [0.717, 1.165) is 12.1 Å². The zero-order chi connectivity index (χ0) is 21.4. The molecular formula is C20H20F4N2O3. The summed E-state index contributed by atoms with van der Waals surface area (Å²) in [5.41, 5.74) is -0.183. The molecule has 9 heteroatoms. The monoisotopic (exact) mass is 412 g/mol. The molecule has 0 spiro atoms. The van der Waals surface area contributed by atoms with E-state index in [1.165, 1.54) is 41.3 Å². The zero-order valence-corrected chi connectivity index (χ0v) is 15.6. The lowest BCUT2D eigenvalue weighted by Gasteiger charge is -2.20. The van der Waals surface area contributed by atoms with Crippen LogP contribution < -0.4 is 10.1 Å². The topological polar surface area (TPSA) is 58.6 Å². The summed E-state index contributed by atoms with van der Waals surface area (Å²) in [6, 6.07) is 9.81. The highest BCUT2D eigenvalue weighted by atomic mass is 19.4. The average Bonchev–Trinajstić information content (AvgIpc) is 2.69. The van der Waals surface area contributed by atoms with E-state index in [4.69, 9.17) is 4.74 Å². The van der Waals surface area contributed by atoms with Crippen LogP contribution in [0.25, 0.3) is 0 Å². The molecule has 0 aliphatic carbocycles. The minimum absolute atomic E-state index is 0.0926. The minimum Gasteiger partial charge on any atom is -0.484 e. The molecule has 1 N–H and O–H groups in total. The van der Waals surface area contributed by atoms with Gasteiger partial charge in [0.1, 0.15) is 11.6 Å². The van der Waals surface area contributed by atoms with Gasteiger partial charge in [0.05, 0.1) is 12.1 Å². The van der Waals surface area contributed by atoms with Gasteiger partial charge in [-0.2, -0.15) is 13.2 Å². The number of hydrogen-bond acceptors (Lipinski definition) is 3. The first kappa shape index (κ1) is 22.2. The van der Waals surface area contributed by atoms with Crippen LogP contribution in [0, 0.1) is 5.82 Å². The first-order valence-electron chi connectivity index (χ1n) is 8.78. The van der Waals surface area contributed by atoms with Gasteiger partial charge in [-0.3, -0.25) is 9.59 Å². The molecule has 0 atom stereocenters. The maximum absolute atomic E-state index is 12.9. The molecule has 2 rings (SSSR count). The van der Waals surface area contributed by atoms with Crippen molar-refractivity contribution < 1.29 is 31.9 Å². The molecule has 2 aromatic rings. The summed E-state index contributed by atoms with van der Waals surface area (Å²) in [5.74, 6) is -1.45. The Kier molecular flexibility index (Phi) is 7.58. The van der Waals surface area contributed by atoms with Crippen molar-refractivity contribution in [3.63, 3.8) is 0 Å². The number of carbonyl (C=O) groups excluding carboxylic acids is 2. The Hall–Kier alpha value is -3.10. The van der Waals surface area contributed by atoms with Crippen molar-refractivity contribution in [3.05, 3.63) is 65.5 Å². The molecule has 0 aromatic heterocycles. The molecule has 0 bridgehead atoms. The van der Waals surface area contributed by atoms with Crippen LogP contribution in [0.15, 0.2) is 48.5 Å². The molecule has 0 aliphatic heterocycles. The smallest absolute Gasteiger partial charge is 0.416 e. The number of nitrogens with one attached hydrogen (secondary N) is 1. The van der Waals surface area contributed by atoms with Gasteiger partial charge < -0.3 is 15.0 Å². The maximum Gasteiger partial charge on any atom is 0.416 e. The predicted octanol–water partition coefficient (Wildman–Crippen LogP) is 3.39. The van der Waals surface area contributed by atoms with Crippen molar-refractivity contribution in [1.29, 1.82) is 0 Å². The SMILES string of the molecule is CCN(CC(=O)NCc1ccc(F)cc1)C(=O)COc1cccc(C(F)(F)F)c1. The lowest BCUT2D eigenvalue weighted by Crippen LogP contribution is -2.42. The van der Waals surface area contributed by atoms with Gasteiger partial charge in [-0.05, 0) is 42.8 Å². The van der Waals surface area contributed by atoms with Gasteiger partial charge in [0.15, 0.2) is 6.61 Å². The van der Waals surface area contributed by atoms with Gasteiger partial charge in [0.2, 0.25) is 5.91 Å². The van der Waals surface area contributed by atoms with Crippen molar-refractivity contribution in [1.82, 2.24) is 10.2 Å². The van der Waals surface area contributed by atoms with Gasteiger partial charge in [-0.1, -0.05) is 18.2 Å². The molecule has 0 heterocycles. The molecule has 5 nitrogen and oxygen atoms in total. The second-order valence-electron chi connectivity index (χ2n) is 6.13. The summed E-state index contributed by atoms with van der Waals surface area (Å²) in [6.07, 6.45) is -4.51. The highest BCUT2D eigenvalue weighted by Crippen LogP contribution is 2.31. The van der Waals surface area contributed by atoms with Crippen LogP contribution in [-0.2, 0) is 22.3 Å². The number of ether oxygens (including phenoxy) is 1. The summed E-state index contributed by atoms with van der Waals surface area (Å²) in [4.78, 5) is 25.5. The van der Waals surface area contributed by atoms with Crippen LogP contribution in [0.4, 0.5) is 17.6 Å². The summed E-state index contributed by atoms with van der Waals surface area (Å²) >= 11 is 0. The van der Waals surface area contributed by atoms with Gasteiger partial charge in [-0.25, -0.2) is 4.39 Å². The number of carbonyl (C=O) groups is 2. The number of rotatable bonds is 8. The number of nitrogens with zero attached hydrogens (tertiary/aromatic N) is 1. The van der Waals surface area contributed by atoms with Crippen LogP contribution >= 0.6 is 0 Å². The van der Waals surface area contributed by atoms with E-state index in [9.17, 15) is 27.2 Å². The van der Waals surface area contributed by atoms with Crippen molar-refractivity contribution >= 4 is 11.8 Å². The first-order valence-corrected chi connectivity index (χ1v) is 8.78. The third-order valence-electron chi connectivity index (χ3n) is 4.00. The minimum atomic E-state index is -4.51. The second kappa shape index (κ2) is 9.90. The highest BCUT2D eigenvalue weighted by molar-refractivity contribution is 5.85. The van der Waals surface area contributed by atoms with Gasteiger partial charge in [0.25, 0.3) is 5.91 Å². The molecule has 0 saturated carbocycles. The zero-order valence-electron chi connectivity index (χ0n) is 15.6. The lowest BCUT2D eigenvalue weighted by atomic mass is 10.2. The third kappa shape index (κ3) is 7.10. The van der Waals surface area contributed by atoms with E-state index < -0.39 is 30.2 Å². The van der Waals surface area contributed by atoms with Crippen LogP contribution in [0.3, 0.4) is 0 Å². The Balaban J connectivity index is 1.85. The summed E-state index contributed by atoms with van der Waals surface area (Å²) < 4.78 is 56.2. The molecule has 29 heavy (non-hydrogen) atoms. The molecule has 0 saturated heterocycles. The Labute approximate surface area is 165 Å². The fourth-order valence-electron chi connectivity index (χ4n) is 2.41. The fourth-order valence-corrected chi connectivity index (χ4v) is 2.41. The Bertz CT molecular complexity index is 838. The predicted molar refractivity (Wildman–Crippen MR) is 97.4 cm³/mol. The highest BCUT2D eigenvalue weighted by Gasteiger charge is 2.30. The number of amides is 2. The number of hydrogen-bond donors (Lipinski definition) is 1. The number of benzene rings is 2. The summed E-state index contributed by atoms with van der Waals surface area (Å²) in [5, 5.41) is 2.61. The van der Waals surface area contributed by atoms with E-state index in [1.54, 1.807) is 6.92 Å². The van der Waals surface area contributed by atoms with Crippen LogP contribution in [-0.4, -0.2) is 36.4 Å². The molecular weight excluding hydrogens is 392 g/mol. The third-order valence-corrected chi connectivity index (χ3v) is 4.00. The quantitative estimate of drug-likeness (QED) is 0.677. The largest absolute Gasteiger partial charge is 0.484 e. The molecule has 0 radical (unpaired) electrons. The van der Waals surface area contributed by atoms with E-state index in [-0.39, 0.29) is 31.2 Å². The molecule has 0 aliphatic rings. The first-order chi connectivity index (χ1) is 13.7. The average molecular weight is 412 g/mol. The van der Waals surface area contributed by atoms with E-state index >= 15 is 0 Å². The van der Waals surface area contributed by atoms with E-state index in [1.807, 2.05) is 0 Å². The molecule has 0 fully saturated rings. The molecule has 2 amide bonds. The van der Waals surface area contributed by atoms with Crippen molar-refractivity contribution in [2.24, 2.45) is 0 Å². The Morgan fingerprint density at radius 1 is 1.10 bits per heavy atom. The summed E-state index contributed by atoms with van der Waals surface area (Å²) in [6.45, 7) is 1.32. The maximum atomic E-state index is 12.9. The number of likely N-dealkylation sites (N-methyl/N-ethyl adjacent to an activating group) is 1. The van der Waals surface area contributed by atoms with Crippen molar-refractivity contribution in [2.45, 2.75) is 19.6 Å². The standard InChI is InChI=1S/C20H20F4N2O3/c1-2-26(12-18(27)25-11-14-6-8-16(21)9-7-14)19(28)13-29-17-5-3-4-15(10-17)20(22,23)24/h3-10H,2,11-13H2,1H3,(H,25,27).